The second kappa shape index (κ2) is 13.9. The molecule has 3 amide bonds. The van der Waals surface area contributed by atoms with Crippen molar-refractivity contribution in [1.82, 2.24) is 10.2 Å². The van der Waals surface area contributed by atoms with E-state index in [0.29, 0.717) is 23.4 Å². The van der Waals surface area contributed by atoms with E-state index in [9.17, 15) is 19.6 Å². The van der Waals surface area contributed by atoms with Gasteiger partial charge in [-0.05, 0) is 88.3 Å². The molecule has 0 spiro atoms. The Labute approximate surface area is 230 Å². The van der Waals surface area contributed by atoms with Crippen molar-refractivity contribution in [1.29, 1.82) is 5.26 Å². The highest BCUT2D eigenvalue weighted by Crippen LogP contribution is 2.27. The lowest BCUT2D eigenvalue weighted by molar-refractivity contribution is -0.140. The van der Waals surface area contributed by atoms with Crippen molar-refractivity contribution >= 4 is 35.4 Å². The summed E-state index contributed by atoms with van der Waals surface area (Å²) in [4.78, 5) is 41.6. The number of benzene rings is 2. The molecule has 0 aliphatic rings. The first-order valence-corrected chi connectivity index (χ1v) is 13.9. The number of nitriles is 1. The number of nitrogens with one attached hydrogen (secondary N) is 2. The van der Waals surface area contributed by atoms with Crippen LogP contribution in [0.3, 0.4) is 0 Å². The van der Waals surface area contributed by atoms with E-state index in [0.717, 1.165) is 16.7 Å². The Hall–Kier alpha value is -3.51. The summed E-state index contributed by atoms with van der Waals surface area (Å²) in [5, 5.41) is 15.3. The van der Waals surface area contributed by atoms with Gasteiger partial charge in [-0.1, -0.05) is 36.4 Å². The molecule has 0 fully saturated rings. The summed E-state index contributed by atoms with van der Waals surface area (Å²) in [7, 11) is 0. The quantitative estimate of drug-likeness (QED) is 0.398. The molecular weight excluding hydrogens is 500 g/mol. The van der Waals surface area contributed by atoms with Crippen molar-refractivity contribution in [3.8, 4) is 6.07 Å². The number of carbonyl (C=O) groups excluding carboxylic acids is 3. The van der Waals surface area contributed by atoms with E-state index >= 15 is 0 Å². The van der Waals surface area contributed by atoms with Crippen LogP contribution in [0.15, 0.2) is 42.5 Å². The highest BCUT2D eigenvalue weighted by atomic mass is 32.2. The maximum absolute atomic E-state index is 13.9. The number of hydrogen-bond donors (Lipinski definition) is 2. The van der Waals surface area contributed by atoms with Crippen LogP contribution < -0.4 is 10.6 Å². The molecule has 2 unspecified atom stereocenters. The lowest BCUT2D eigenvalue weighted by atomic mass is 9.98. The molecule has 0 saturated heterocycles. The van der Waals surface area contributed by atoms with E-state index in [4.69, 9.17) is 4.74 Å². The fourth-order valence-electron chi connectivity index (χ4n) is 3.84. The van der Waals surface area contributed by atoms with Gasteiger partial charge < -0.3 is 20.3 Å². The molecule has 0 heterocycles. The third-order valence-corrected chi connectivity index (χ3v) is 6.58. The predicted octanol–water partition coefficient (Wildman–Crippen LogP) is 5.29. The van der Waals surface area contributed by atoms with Gasteiger partial charge in [-0.15, -0.1) is 0 Å². The van der Waals surface area contributed by atoms with Crippen molar-refractivity contribution in [3.05, 3.63) is 64.7 Å². The van der Waals surface area contributed by atoms with E-state index in [1.165, 1.54) is 16.7 Å². The van der Waals surface area contributed by atoms with Crippen LogP contribution in [0.2, 0.25) is 0 Å². The molecule has 2 rings (SSSR count). The highest BCUT2D eigenvalue weighted by molar-refractivity contribution is 7.98. The average molecular weight is 539 g/mol. The normalized spacial score (nSPS) is 12.6. The van der Waals surface area contributed by atoms with Crippen LogP contribution in [0.1, 0.15) is 55.5 Å². The third kappa shape index (κ3) is 8.80. The van der Waals surface area contributed by atoms with Crippen LogP contribution in [0.25, 0.3) is 0 Å². The van der Waals surface area contributed by atoms with Gasteiger partial charge in [-0.3, -0.25) is 9.59 Å². The first-order valence-electron chi connectivity index (χ1n) is 12.5. The number of carbonyl (C=O) groups is 3. The van der Waals surface area contributed by atoms with Crippen LogP contribution in [0.5, 0.6) is 0 Å². The zero-order valence-corrected chi connectivity index (χ0v) is 24.1. The number of hydrogen-bond acceptors (Lipinski definition) is 6. The Morgan fingerprint density at radius 3 is 2.32 bits per heavy atom. The highest BCUT2D eigenvalue weighted by Gasteiger charge is 2.36. The van der Waals surface area contributed by atoms with E-state index in [1.54, 1.807) is 32.9 Å². The Kier molecular flexibility index (Phi) is 11.2. The van der Waals surface area contributed by atoms with Crippen LogP contribution in [0, 0.1) is 32.1 Å². The molecule has 2 atom stereocenters. The minimum absolute atomic E-state index is 0.306. The summed E-state index contributed by atoms with van der Waals surface area (Å²) in [5.74, 6) is -0.405. The first kappa shape index (κ1) is 30.7. The SMILES string of the molecule is CSCCC(NC(=O)OC(C)(C)C)C(=O)N(CC#N)C(C(=O)Nc1ccccc1C)c1ccc(C)c(C)c1. The number of alkyl carbamates (subject to hydrolysis) is 1. The molecular formula is C29H38N4O4S. The van der Waals surface area contributed by atoms with Crippen LogP contribution in [-0.2, 0) is 14.3 Å². The van der Waals surface area contributed by atoms with Gasteiger partial charge in [0.25, 0.3) is 5.91 Å². The third-order valence-electron chi connectivity index (χ3n) is 5.93. The summed E-state index contributed by atoms with van der Waals surface area (Å²) >= 11 is 1.52. The summed E-state index contributed by atoms with van der Waals surface area (Å²) in [6, 6.07) is 12.8. The van der Waals surface area contributed by atoms with Crippen LogP contribution in [0.4, 0.5) is 10.5 Å². The second-order valence-electron chi connectivity index (χ2n) is 10.2. The van der Waals surface area contributed by atoms with Crippen molar-refractivity contribution in [2.45, 2.75) is 65.6 Å². The van der Waals surface area contributed by atoms with E-state index in [-0.39, 0.29) is 6.54 Å². The van der Waals surface area contributed by atoms with Gasteiger partial charge in [0.2, 0.25) is 5.91 Å². The lowest BCUT2D eigenvalue weighted by Crippen LogP contribution is -2.52. The Morgan fingerprint density at radius 1 is 1.05 bits per heavy atom. The largest absolute Gasteiger partial charge is 0.444 e. The smallest absolute Gasteiger partial charge is 0.408 e. The molecule has 0 saturated carbocycles. The molecule has 2 aromatic carbocycles. The maximum Gasteiger partial charge on any atom is 0.408 e. The number of ether oxygens (including phenoxy) is 1. The molecule has 38 heavy (non-hydrogen) atoms. The lowest BCUT2D eigenvalue weighted by Gasteiger charge is -2.33. The predicted molar refractivity (Wildman–Crippen MR) is 152 cm³/mol. The number of rotatable bonds is 10. The molecule has 2 aromatic rings. The standard InChI is InChI=1S/C29H38N4O4S/c1-19-12-13-22(18-21(19)3)25(26(34)31-23-11-9-8-10-20(23)2)33(16-15-30)27(35)24(14-17-38-7)32-28(36)37-29(4,5)6/h8-13,18,24-25H,14,16-17H2,1-7H3,(H,31,34)(H,32,36). The maximum atomic E-state index is 13.9. The van der Waals surface area contributed by atoms with Crippen LogP contribution in [-0.4, -0.2) is 53.0 Å². The Morgan fingerprint density at radius 2 is 1.74 bits per heavy atom. The number of anilines is 1. The molecule has 9 heteroatoms. The number of thioether (sulfide) groups is 1. The molecule has 0 aliphatic heterocycles. The summed E-state index contributed by atoms with van der Waals surface area (Å²) in [6.45, 7) is 10.6. The minimum Gasteiger partial charge on any atom is -0.444 e. The van der Waals surface area contributed by atoms with E-state index in [2.05, 4.69) is 10.6 Å². The molecule has 0 aliphatic carbocycles. The van der Waals surface area contributed by atoms with Gasteiger partial charge in [0.05, 0.1) is 6.07 Å². The first-order chi connectivity index (χ1) is 17.9. The van der Waals surface area contributed by atoms with E-state index < -0.39 is 35.6 Å². The Balaban J connectivity index is 2.53. The molecule has 0 aromatic heterocycles. The number of amides is 3. The number of para-hydroxylation sites is 1. The monoisotopic (exact) mass is 538 g/mol. The van der Waals surface area contributed by atoms with Gasteiger partial charge in [0.1, 0.15) is 24.2 Å². The summed E-state index contributed by atoms with van der Waals surface area (Å²) in [6.07, 6.45) is 1.47. The second-order valence-corrected chi connectivity index (χ2v) is 11.1. The van der Waals surface area contributed by atoms with Gasteiger partial charge in [0.15, 0.2) is 0 Å². The number of nitrogens with zero attached hydrogens (tertiary/aromatic N) is 2. The van der Waals surface area contributed by atoms with E-state index in [1.807, 2.05) is 63.4 Å². The fraction of sp³-hybridized carbons (Fsp3) is 0.448. The Bertz CT molecular complexity index is 1190. The summed E-state index contributed by atoms with van der Waals surface area (Å²) < 4.78 is 5.38. The van der Waals surface area contributed by atoms with Crippen molar-refractivity contribution in [2.24, 2.45) is 0 Å². The van der Waals surface area contributed by atoms with Gasteiger partial charge in [-0.25, -0.2) is 4.79 Å². The van der Waals surface area contributed by atoms with Gasteiger partial charge in [0, 0.05) is 5.69 Å². The van der Waals surface area contributed by atoms with Crippen molar-refractivity contribution in [3.63, 3.8) is 0 Å². The van der Waals surface area contributed by atoms with Crippen molar-refractivity contribution < 1.29 is 19.1 Å². The molecule has 2 N–H and O–H groups in total. The molecule has 0 radical (unpaired) electrons. The van der Waals surface area contributed by atoms with Crippen LogP contribution >= 0.6 is 11.8 Å². The average Bonchev–Trinajstić information content (AvgIpc) is 2.83. The zero-order valence-electron chi connectivity index (χ0n) is 23.3. The van der Waals surface area contributed by atoms with Gasteiger partial charge in [-0.2, -0.15) is 17.0 Å². The topological polar surface area (TPSA) is 112 Å². The molecule has 8 nitrogen and oxygen atoms in total. The summed E-state index contributed by atoms with van der Waals surface area (Å²) in [5.41, 5.74) is 3.28. The number of aryl methyl sites for hydroxylation is 3. The molecule has 204 valence electrons. The fourth-order valence-corrected chi connectivity index (χ4v) is 4.31. The zero-order chi connectivity index (χ0) is 28.5. The van der Waals surface area contributed by atoms with Gasteiger partial charge >= 0.3 is 6.09 Å². The molecule has 0 bridgehead atoms. The van der Waals surface area contributed by atoms with Crippen molar-refractivity contribution in [2.75, 3.05) is 23.9 Å². The minimum atomic E-state index is -1.10.